The first-order valence-corrected chi connectivity index (χ1v) is 6.33. The second-order valence-corrected chi connectivity index (χ2v) is 5.02. The molecule has 2 aromatic rings. The first kappa shape index (κ1) is 11.5. The van der Waals surface area contributed by atoms with E-state index in [-0.39, 0.29) is 0 Å². The van der Waals surface area contributed by atoms with Gasteiger partial charge in [0.25, 0.3) is 0 Å². The van der Waals surface area contributed by atoms with E-state index in [1.54, 1.807) is 12.4 Å². The van der Waals surface area contributed by atoms with E-state index in [4.69, 9.17) is 11.6 Å². The van der Waals surface area contributed by atoms with Crippen molar-refractivity contribution in [1.29, 1.82) is 0 Å². The maximum atomic E-state index is 5.79. The fraction of sp³-hybridized carbons (Fsp3) is 0.417. The predicted molar refractivity (Wildman–Crippen MR) is 69.9 cm³/mol. The van der Waals surface area contributed by atoms with Crippen molar-refractivity contribution in [3.63, 3.8) is 0 Å². The van der Waals surface area contributed by atoms with Crippen LogP contribution >= 0.6 is 11.6 Å². The van der Waals surface area contributed by atoms with E-state index >= 15 is 0 Å². The highest BCUT2D eigenvalue weighted by molar-refractivity contribution is 6.30. The van der Waals surface area contributed by atoms with Crippen LogP contribution in [0, 0.1) is 6.92 Å². The average molecular weight is 264 g/mol. The van der Waals surface area contributed by atoms with Gasteiger partial charge < -0.3 is 4.90 Å². The topological polar surface area (TPSA) is 46.8 Å². The van der Waals surface area contributed by atoms with Crippen molar-refractivity contribution in [3.8, 4) is 0 Å². The van der Waals surface area contributed by atoms with Gasteiger partial charge in [-0.3, -0.25) is 4.68 Å². The monoisotopic (exact) mass is 263 g/mol. The van der Waals surface area contributed by atoms with Gasteiger partial charge in [-0.15, -0.1) is 0 Å². The van der Waals surface area contributed by atoms with Gasteiger partial charge in [0.15, 0.2) is 0 Å². The highest BCUT2D eigenvalue weighted by Gasteiger charge is 2.25. The Labute approximate surface area is 110 Å². The van der Waals surface area contributed by atoms with Gasteiger partial charge in [0.2, 0.25) is 5.95 Å². The van der Waals surface area contributed by atoms with Crippen LogP contribution < -0.4 is 4.90 Å². The molecule has 0 aliphatic carbocycles. The molecule has 1 unspecified atom stereocenters. The Morgan fingerprint density at radius 1 is 1.28 bits per heavy atom. The zero-order chi connectivity index (χ0) is 12.5. The number of aryl methyl sites for hydroxylation is 1. The molecule has 94 valence electrons. The van der Waals surface area contributed by atoms with Gasteiger partial charge in [-0.2, -0.15) is 5.10 Å². The van der Waals surface area contributed by atoms with E-state index in [0.29, 0.717) is 11.1 Å². The van der Waals surface area contributed by atoms with Crippen molar-refractivity contribution in [1.82, 2.24) is 19.7 Å². The second-order valence-electron chi connectivity index (χ2n) is 4.59. The number of aromatic nitrogens is 4. The zero-order valence-corrected chi connectivity index (χ0v) is 10.9. The van der Waals surface area contributed by atoms with E-state index in [9.17, 15) is 0 Å². The molecule has 0 radical (unpaired) electrons. The minimum atomic E-state index is 0.401. The Balaban J connectivity index is 1.73. The minimum absolute atomic E-state index is 0.401. The molecular weight excluding hydrogens is 250 g/mol. The molecule has 0 saturated carbocycles. The lowest BCUT2D eigenvalue weighted by Crippen LogP contribution is -2.23. The number of hydrogen-bond acceptors (Lipinski definition) is 4. The molecule has 0 bridgehead atoms. The summed E-state index contributed by atoms with van der Waals surface area (Å²) in [5.41, 5.74) is 1.19. The van der Waals surface area contributed by atoms with Gasteiger partial charge in [-0.25, -0.2) is 9.97 Å². The summed E-state index contributed by atoms with van der Waals surface area (Å²) < 4.78 is 2.03. The maximum absolute atomic E-state index is 5.79. The number of nitrogens with zero attached hydrogens (tertiary/aromatic N) is 5. The Bertz CT molecular complexity index is 536. The first-order chi connectivity index (χ1) is 8.72. The minimum Gasteiger partial charge on any atom is -0.339 e. The quantitative estimate of drug-likeness (QED) is 0.832. The number of hydrogen-bond donors (Lipinski definition) is 0. The Morgan fingerprint density at radius 3 is 2.72 bits per heavy atom. The number of halogens is 1. The molecule has 1 aliphatic heterocycles. The SMILES string of the molecule is Cc1cnn(C2CCN(c3ncc(Cl)cn3)C2)c1. The third-order valence-electron chi connectivity index (χ3n) is 3.16. The Morgan fingerprint density at radius 2 is 2.06 bits per heavy atom. The predicted octanol–water partition coefficient (Wildman–Crippen LogP) is 2.09. The lowest BCUT2D eigenvalue weighted by molar-refractivity contribution is 0.494. The van der Waals surface area contributed by atoms with Gasteiger partial charge in [0, 0.05) is 19.3 Å². The highest BCUT2D eigenvalue weighted by atomic mass is 35.5. The molecule has 0 amide bonds. The summed E-state index contributed by atoms with van der Waals surface area (Å²) in [5, 5.41) is 4.93. The molecule has 1 fully saturated rings. The summed E-state index contributed by atoms with van der Waals surface area (Å²) in [4.78, 5) is 10.7. The Hall–Kier alpha value is -1.62. The van der Waals surface area contributed by atoms with Crippen molar-refractivity contribution in [2.45, 2.75) is 19.4 Å². The molecule has 6 heteroatoms. The molecule has 0 N–H and O–H groups in total. The van der Waals surface area contributed by atoms with Crippen LogP contribution in [0.2, 0.25) is 5.02 Å². The van der Waals surface area contributed by atoms with Crippen LogP contribution in [0.4, 0.5) is 5.95 Å². The first-order valence-electron chi connectivity index (χ1n) is 5.95. The van der Waals surface area contributed by atoms with E-state index in [0.717, 1.165) is 25.5 Å². The number of rotatable bonds is 2. The van der Waals surface area contributed by atoms with Crippen molar-refractivity contribution in [3.05, 3.63) is 35.4 Å². The average Bonchev–Trinajstić information content (AvgIpc) is 2.98. The molecular formula is C12H14ClN5. The zero-order valence-electron chi connectivity index (χ0n) is 10.1. The van der Waals surface area contributed by atoms with E-state index in [2.05, 4.69) is 33.1 Å². The summed E-state index contributed by atoms with van der Waals surface area (Å²) in [6.45, 7) is 3.90. The van der Waals surface area contributed by atoms with E-state index in [1.165, 1.54) is 5.56 Å². The standard InChI is InChI=1S/C12H14ClN5/c1-9-4-16-18(7-9)11-2-3-17(8-11)12-14-5-10(13)6-15-12/h4-7,11H,2-3,8H2,1H3. The lowest BCUT2D eigenvalue weighted by atomic mass is 10.3. The summed E-state index contributed by atoms with van der Waals surface area (Å²) in [6, 6.07) is 0.401. The third-order valence-corrected chi connectivity index (χ3v) is 3.35. The van der Waals surface area contributed by atoms with Crippen LogP contribution in [-0.4, -0.2) is 32.8 Å². The molecule has 0 spiro atoms. The van der Waals surface area contributed by atoms with Gasteiger partial charge in [0.05, 0.1) is 29.7 Å². The molecule has 2 aromatic heterocycles. The summed E-state index contributed by atoms with van der Waals surface area (Å²) in [6.07, 6.45) is 8.30. The molecule has 1 aliphatic rings. The van der Waals surface area contributed by atoms with Crippen LogP contribution in [0.5, 0.6) is 0 Å². The van der Waals surface area contributed by atoms with Crippen molar-refractivity contribution in [2.75, 3.05) is 18.0 Å². The molecule has 1 saturated heterocycles. The Kier molecular flexibility index (Phi) is 2.91. The smallest absolute Gasteiger partial charge is 0.225 e. The highest BCUT2D eigenvalue weighted by Crippen LogP contribution is 2.24. The van der Waals surface area contributed by atoms with E-state index < -0.39 is 0 Å². The van der Waals surface area contributed by atoms with Crippen LogP contribution in [0.1, 0.15) is 18.0 Å². The van der Waals surface area contributed by atoms with Crippen molar-refractivity contribution in [2.24, 2.45) is 0 Å². The van der Waals surface area contributed by atoms with Crippen LogP contribution in [0.3, 0.4) is 0 Å². The van der Waals surface area contributed by atoms with Gasteiger partial charge in [0.1, 0.15) is 0 Å². The molecule has 0 aromatic carbocycles. The fourth-order valence-corrected chi connectivity index (χ4v) is 2.34. The summed E-state index contributed by atoms with van der Waals surface area (Å²) in [5.74, 6) is 0.741. The van der Waals surface area contributed by atoms with E-state index in [1.807, 2.05) is 10.9 Å². The maximum Gasteiger partial charge on any atom is 0.225 e. The molecule has 3 rings (SSSR count). The third kappa shape index (κ3) is 2.18. The number of anilines is 1. The van der Waals surface area contributed by atoms with Crippen LogP contribution in [0.25, 0.3) is 0 Å². The molecule has 18 heavy (non-hydrogen) atoms. The van der Waals surface area contributed by atoms with Gasteiger partial charge in [-0.05, 0) is 18.9 Å². The van der Waals surface area contributed by atoms with Gasteiger partial charge in [-0.1, -0.05) is 11.6 Å². The van der Waals surface area contributed by atoms with Crippen molar-refractivity contribution < 1.29 is 0 Å². The van der Waals surface area contributed by atoms with Crippen LogP contribution in [-0.2, 0) is 0 Å². The lowest BCUT2D eigenvalue weighted by Gasteiger charge is -2.16. The molecule has 3 heterocycles. The summed E-state index contributed by atoms with van der Waals surface area (Å²) in [7, 11) is 0. The molecule has 5 nitrogen and oxygen atoms in total. The van der Waals surface area contributed by atoms with Crippen molar-refractivity contribution >= 4 is 17.5 Å². The summed E-state index contributed by atoms with van der Waals surface area (Å²) >= 11 is 5.79. The fourth-order valence-electron chi connectivity index (χ4n) is 2.24. The largest absolute Gasteiger partial charge is 0.339 e. The normalized spacial score (nSPS) is 19.4. The second kappa shape index (κ2) is 4.57. The molecule has 1 atom stereocenters. The van der Waals surface area contributed by atoms with Crippen LogP contribution in [0.15, 0.2) is 24.8 Å². The van der Waals surface area contributed by atoms with Gasteiger partial charge >= 0.3 is 0 Å².